The molecular weight excluding hydrogens is 326 g/mol. The zero-order valence-corrected chi connectivity index (χ0v) is 16.1. The van der Waals surface area contributed by atoms with Crippen molar-refractivity contribution in [1.82, 2.24) is 20.6 Å². The second-order valence-electron chi connectivity index (χ2n) is 7.55. The van der Waals surface area contributed by atoms with Crippen LogP contribution in [0.4, 0.5) is 0 Å². The summed E-state index contributed by atoms with van der Waals surface area (Å²) < 4.78 is 0. The topological polar surface area (TPSA) is 83.3 Å². The molecule has 0 spiro atoms. The fraction of sp³-hybridized carbons (Fsp3) is 0.500. The molecule has 1 aliphatic heterocycles. The van der Waals surface area contributed by atoms with E-state index in [1.54, 1.807) is 12.3 Å². The molecule has 2 heterocycles. The SMILES string of the molecule is C=C(/C=C(\NN)NC(=O)C(C)(C)CCN1CCCC1)c1ccc(C)nc1. The van der Waals surface area contributed by atoms with Crippen molar-refractivity contribution in [2.75, 3.05) is 19.6 Å². The molecule has 6 heteroatoms. The number of rotatable bonds is 8. The summed E-state index contributed by atoms with van der Waals surface area (Å²) in [4.78, 5) is 19.4. The first-order valence-electron chi connectivity index (χ1n) is 9.16. The van der Waals surface area contributed by atoms with E-state index >= 15 is 0 Å². The first-order chi connectivity index (χ1) is 12.3. The standard InChI is InChI=1S/C20H31N5O/c1-15(17-8-7-16(2)22-14-17)13-18(24-21)23-19(26)20(3,4)9-12-25-10-5-6-11-25/h7-8,13-14,24H,1,5-6,9-12,21H2,2-4H3,(H,23,26)/b18-13-. The van der Waals surface area contributed by atoms with Gasteiger partial charge in [-0.2, -0.15) is 0 Å². The highest BCUT2D eigenvalue weighted by Gasteiger charge is 2.29. The van der Waals surface area contributed by atoms with E-state index in [1.807, 2.05) is 32.9 Å². The van der Waals surface area contributed by atoms with Gasteiger partial charge >= 0.3 is 0 Å². The summed E-state index contributed by atoms with van der Waals surface area (Å²) in [6.07, 6.45) is 6.80. The summed E-state index contributed by atoms with van der Waals surface area (Å²) in [5.41, 5.74) is 4.61. The molecule has 1 aliphatic rings. The van der Waals surface area contributed by atoms with Gasteiger partial charge in [-0.1, -0.05) is 26.5 Å². The second kappa shape index (κ2) is 8.96. The predicted molar refractivity (Wildman–Crippen MR) is 106 cm³/mol. The third-order valence-electron chi connectivity index (χ3n) is 4.87. The molecule has 0 aromatic carbocycles. The van der Waals surface area contributed by atoms with Gasteiger partial charge in [0.05, 0.1) is 0 Å². The molecular formula is C20H31N5O. The Hall–Kier alpha value is -2.18. The van der Waals surface area contributed by atoms with Crippen molar-refractivity contribution in [2.45, 2.75) is 40.0 Å². The molecule has 1 aromatic heterocycles. The van der Waals surface area contributed by atoms with Gasteiger partial charge in [-0.25, -0.2) is 5.84 Å². The van der Waals surface area contributed by atoms with Crippen LogP contribution in [0.3, 0.4) is 0 Å². The summed E-state index contributed by atoms with van der Waals surface area (Å²) in [7, 11) is 0. The molecule has 0 radical (unpaired) electrons. The molecule has 2 rings (SSSR count). The Morgan fingerprint density at radius 2 is 2.08 bits per heavy atom. The normalized spacial score (nSPS) is 15.8. The van der Waals surface area contributed by atoms with Crippen LogP contribution in [0.1, 0.15) is 44.4 Å². The Kier molecular flexibility index (Phi) is 6.94. The van der Waals surface area contributed by atoms with Crippen molar-refractivity contribution in [3.63, 3.8) is 0 Å². The Bertz CT molecular complexity index is 657. The first kappa shape index (κ1) is 20.1. The van der Waals surface area contributed by atoms with Crippen molar-refractivity contribution < 1.29 is 4.79 Å². The number of carbonyl (C=O) groups excluding carboxylic acids is 1. The predicted octanol–water partition coefficient (Wildman–Crippen LogP) is 2.34. The summed E-state index contributed by atoms with van der Waals surface area (Å²) in [5, 5.41) is 2.88. The monoisotopic (exact) mass is 357 g/mol. The van der Waals surface area contributed by atoms with Crippen molar-refractivity contribution in [2.24, 2.45) is 11.3 Å². The maximum atomic E-state index is 12.7. The summed E-state index contributed by atoms with van der Waals surface area (Å²) in [6, 6.07) is 3.86. The molecule has 4 N–H and O–H groups in total. The maximum Gasteiger partial charge on any atom is 0.231 e. The van der Waals surface area contributed by atoms with Crippen LogP contribution in [-0.2, 0) is 4.79 Å². The molecule has 6 nitrogen and oxygen atoms in total. The Morgan fingerprint density at radius 3 is 2.65 bits per heavy atom. The zero-order valence-electron chi connectivity index (χ0n) is 16.1. The van der Waals surface area contributed by atoms with Gasteiger partial charge in [-0.15, -0.1) is 0 Å². The highest BCUT2D eigenvalue weighted by atomic mass is 16.2. The van der Waals surface area contributed by atoms with Crippen LogP contribution in [0.25, 0.3) is 5.57 Å². The van der Waals surface area contributed by atoms with Crippen LogP contribution in [0.15, 0.2) is 36.8 Å². The van der Waals surface area contributed by atoms with Crippen LogP contribution in [0, 0.1) is 12.3 Å². The minimum absolute atomic E-state index is 0.0595. The number of allylic oxidation sites excluding steroid dienone is 2. The van der Waals surface area contributed by atoms with E-state index in [2.05, 4.69) is 27.2 Å². The number of hydrogen-bond acceptors (Lipinski definition) is 5. The molecule has 1 saturated heterocycles. The van der Waals surface area contributed by atoms with E-state index in [9.17, 15) is 4.79 Å². The smallest absolute Gasteiger partial charge is 0.231 e. The lowest BCUT2D eigenvalue weighted by molar-refractivity contribution is -0.129. The number of aromatic nitrogens is 1. The van der Waals surface area contributed by atoms with Crippen molar-refractivity contribution in [1.29, 1.82) is 0 Å². The third-order valence-corrected chi connectivity index (χ3v) is 4.87. The van der Waals surface area contributed by atoms with E-state index in [0.717, 1.165) is 42.9 Å². The minimum atomic E-state index is -0.481. The molecule has 1 fully saturated rings. The van der Waals surface area contributed by atoms with E-state index in [1.165, 1.54) is 12.8 Å². The van der Waals surface area contributed by atoms with Crippen LogP contribution in [0.5, 0.6) is 0 Å². The number of carbonyl (C=O) groups is 1. The Morgan fingerprint density at radius 1 is 1.38 bits per heavy atom. The van der Waals surface area contributed by atoms with Gasteiger partial charge in [-0.05, 0) is 69.1 Å². The number of hydrogen-bond donors (Lipinski definition) is 3. The van der Waals surface area contributed by atoms with Crippen LogP contribution in [-0.4, -0.2) is 35.4 Å². The molecule has 0 saturated carbocycles. The van der Waals surface area contributed by atoms with E-state index in [4.69, 9.17) is 5.84 Å². The molecule has 1 amide bonds. The van der Waals surface area contributed by atoms with Crippen LogP contribution in [0.2, 0.25) is 0 Å². The van der Waals surface area contributed by atoms with Crippen molar-refractivity contribution in [3.8, 4) is 0 Å². The lowest BCUT2D eigenvalue weighted by Crippen LogP contribution is -2.43. The second-order valence-corrected chi connectivity index (χ2v) is 7.55. The highest BCUT2D eigenvalue weighted by Crippen LogP contribution is 2.23. The number of aryl methyl sites for hydroxylation is 1. The van der Waals surface area contributed by atoms with Gasteiger partial charge in [0.2, 0.25) is 5.91 Å². The summed E-state index contributed by atoms with van der Waals surface area (Å²) in [5.74, 6) is 5.96. The van der Waals surface area contributed by atoms with Crippen LogP contribution >= 0.6 is 0 Å². The van der Waals surface area contributed by atoms with Gasteiger partial charge < -0.3 is 15.6 Å². The number of nitrogens with zero attached hydrogens (tertiary/aromatic N) is 2. The third kappa shape index (κ3) is 5.68. The lowest BCUT2D eigenvalue weighted by atomic mass is 9.88. The number of pyridine rings is 1. The minimum Gasteiger partial charge on any atom is -0.311 e. The largest absolute Gasteiger partial charge is 0.311 e. The maximum absolute atomic E-state index is 12.7. The van der Waals surface area contributed by atoms with E-state index < -0.39 is 5.41 Å². The lowest BCUT2D eigenvalue weighted by Gasteiger charge is -2.27. The summed E-state index contributed by atoms with van der Waals surface area (Å²) in [6.45, 7) is 13.1. The van der Waals surface area contributed by atoms with E-state index in [0.29, 0.717) is 5.82 Å². The van der Waals surface area contributed by atoms with Gasteiger partial charge in [0.25, 0.3) is 0 Å². The van der Waals surface area contributed by atoms with Gasteiger partial charge in [0, 0.05) is 17.3 Å². The van der Waals surface area contributed by atoms with Crippen molar-refractivity contribution >= 4 is 11.5 Å². The van der Waals surface area contributed by atoms with Gasteiger partial charge in [0.15, 0.2) is 0 Å². The van der Waals surface area contributed by atoms with E-state index in [-0.39, 0.29) is 5.91 Å². The average molecular weight is 358 g/mol. The van der Waals surface area contributed by atoms with Crippen LogP contribution < -0.4 is 16.6 Å². The fourth-order valence-corrected chi connectivity index (χ4v) is 2.88. The number of amides is 1. The number of hydrazine groups is 1. The molecule has 1 aromatic rings. The molecule has 0 unspecified atom stereocenters. The average Bonchev–Trinajstić information content (AvgIpc) is 3.13. The molecule has 0 atom stereocenters. The molecule has 0 aliphatic carbocycles. The van der Waals surface area contributed by atoms with Crippen molar-refractivity contribution in [3.05, 3.63) is 48.1 Å². The quantitative estimate of drug-likeness (QED) is 0.378. The number of nitrogens with two attached hydrogens (primary N) is 1. The zero-order chi connectivity index (χ0) is 19.2. The Balaban J connectivity index is 1.96. The Labute approximate surface area is 156 Å². The van der Waals surface area contributed by atoms with Gasteiger partial charge in [0.1, 0.15) is 5.82 Å². The first-order valence-corrected chi connectivity index (χ1v) is 9.16. The number of nitrogens with one attached hydrogen (secondary N) is 2. The number of likely N-dealkylation sites (tertiary alicyclic amines) is 1. The molecule has 142 valence electrons. The molecule has 0 bridgehead atoms. The van der Waals surface area contributed by atoms with Gasteiger partial charge in [-0.3, -0.25) is 9.78 Å². The summed E-state index contributed by atoms with van der Waals surface area (Å²) >= 11 is 0. The fourth-order valence-electron chi connectivity index (χ4n) is 2.88. The molecule has 26 heavy (non-hydrogen) atoms. The highest BCUT2D eigenvalue weighted by molar-refractivity contribution is 5.84.